The quantitative estimate of drug-likeness (QED) is 0.920. The van der Waals surface area contributed by atoms with Gasteiger partial charge in [0.25, 0.3) is 0 Å². The van der Waals surface area contributed by atoms with E-state index in [0.29, 0.717) is 12.0 Å². The van der Waals surface area contributed by atoms with E-state index in [9.17, 15) is 0 Å². The van der Waals surface area contributed by atoms with Gasteiger partial charge in [0, 0.05) is 45.4 Å². The van der Waals surface area contributed by atoms with Gasteiger partial charge in [-0.25, -0.2) is 0 Å². The standard InChI is InChI=1S/C17H26N2O2/c1-20-16-4-2-3-15(13-16)17(14-5-11-21-12-6-14)19-9-7-18-8-10-19/h2-4,13-14,17-18H,5-12H2,1H3/t17-/m1/s1. The van der Waals surface area contributed by atoms with Crippen molar-refractivity contribution < 1.29 is 9.47 Å². The Morgan fingerprint density at radius 2 is 2.00 bits per heavy atom. The van der Waals surface area contributed by atoms with E-state index in [4.69, 9.17) is 9.47 Å². The molecule has 116 valence electrons. The van der Waals surface area contributed by atoms with Crippen LogP contribution in [-0.2, 0) is 4.74 Å². The Bertz CT molecular complexity index is 422. The van der Waals surface area contributed by atoms with Gasteiger partial charge in [-0.2, -0.15) is 0 Å². The van der Waals surface area contributed by atoms with Crippen LogP contribution in [-0.4, -0.2) is 51.4 Å². The summed E-state index contributed by atoms with van der Waals surface area (Å²) in [5, 5.41) is 3.46. The molecule has 0 radical (unpaired) electrons. The molecule has 0 saturated carbocycles. The molecule has 2 heterocycles. The second-order valence-corrected chi connectivity index (χ2v) is 5.96. The van der Waals surface area contributed by atoms with Crippen molar-refractivity contribution in [2.24, 2.45) is 5.92 Å². The molecule has 0 aromatic heterocycles. The fourth-order valence-electron chi connectivity index (χ4n) is 3.60. The molecule has 3 rings (SSSR count). The van der Waals surface area contributed by atoms with Crippen LogP contribution < -0.4 is 10.1 Å². The van der Waals surface area contributed by atoms with Crippen molar-refractivity contribution in [3.05, 3.63) is 29.8 Å². The maximum Gasteiger partial charge on any atom is 0.119 e. The zero-order valence-corrected chi connectivity index (χ0v) is 12.9. The summed E-state index contributed by atoms with van der Waals surface area (Å²) in [5.74, 6) is 1.64. The predicted molar refractivity (Wildman–Crippen MR) is 83.7 cm³/mol. The number of rotatable bonds is 4. The Kier molecular flexibility index (Phi) is 5.12. The molecule has 2 fully saturated rings. The van der Waals surface area contributed by atoms with Crippen LogP contribution >= 0.6 is 0 Å². The Balaban J connectivity index is 1.85. The maximum absolute atomic E-state index is 5.56. The highest BCUT2D eigenvalue weighted by molar-refractivity contribution is 5.31. The summed E-state index contributed by atoms with van der Waals surface area (Å²) in [5.41, 5.74) is 1.39. The van der Waals surface area contributed by atoms with Gasteiger partial charge in [0.15, 0.2) is 0 Å². The van der Waals surface area contributed by atoms with E-state index in [1.165, 1.54) is 5.56 Å². The highest BCUT2D eigenvalue weighted by Crippen LogP contribution is 2.36. The highest BCUT2D eigenvalue weighted by Gasteiger charge is 2.31. The molecule has 1 atom stereocenters. The number of hydrogen-bond acceptors (Lipinski definition) is 4. The van der Waals surface area contributed by atoms with Crippen LogP contribution in [0.25, 0.3) is 0 Å². The number of methoxy groups -OCH3 is 1. The number of benzene rings is 1. The molecular weight excluding hydrogens is 264 g/mol. The molecule has 0 spiro atoms. The van der Waals surface area contributed by atoms with Crippen molar-refractivity contribution in [1.82, 2.24) is 10.2 Å². The molecule has 0 unspecified atom stereocenters. The van der Waals surface area contributed by atoms with E-state index in [-0.39, 0.29) is 0 Å². The fourth-order valence-corrected chi connectivity index (χ4v) is 3.60. The summed E-state index contributed by atoms with van der Waals surface area (Å²) in [6, 6.07) is 9.10. The summed E-state index contributed by atoms with van der Waals surface area (Å²) in [4.78, 5) is 2.64. The minimum absolute atomic E-state index is 0.492. The van der Waals surface area contributed by atoms with Crippen LogP contribution in [0.1, 0.15) is 24.4 Å². The maximum atomic E-state index is 5.56. The Hall–Kier alpha value is -1.10. The van der Waals surface area contributed by atoms with Crippen LogP contribution in [0, 0.1) is 5.92 Å². The molecule has 4 heteroatoms. The highest BCUT2D eigenvalue weighted by atomic mass is 16.5. The SMILES string of the molecule is COc1cccc([C@@H](C2CCOCC2)N2CCNCC2)c1. The van der Waals surface area contributed by atoms with Crippen LogP contribution in [0.2, 0.25) is 0 Å². The summed E-state index contributed by atoms with van der Waals surface area (Å²) >= 11 is 0. The largest absolute Gasteiger partial charge is 0.497 e. The van der Waals surface area contributed by atoms with E-state index in [1.807, 2.05) is 6.07 Å². The van der Waals surface area contributed by atoms with Gasteiger partial charge in [-0.1, -0.05) is 12.1 Å². The number of nitrogens with one attached hydrogen (secondary N) is 1. The molecular formula is C17H26N2O2. The van der Waals surface area contributed by atoms with Crippen molar-refractivity contribution in [3.8, 4) is 5.75 Å². The van der Waals surface area contributed by atoms with E-state index >= 15 is 0 Å². The Morgan fingerprint density at radius 1 is 1.24 bits per heavy atom. The molecule has 0 bridgehead atoms. The average Bonchev–Trinajstić information content (AvgIpc) is 2.57. The molecule has 0 aliphatic carbocycles. The molecule has 2 aliphatic rings. The Morgan fingerprint density at radius 3 is 2.71 bits per heavy atom. The molecule has 21 heavy (non-hydrogen) atoms. The third kappa shape index (κ3) is 3.57. The predicted octanol–water partition coefficient (Wildman–Crippen LogP) is 2.07. The van der Waals surface area contributed by atoms with Crippen molar-refractivity contribution in [2.45, 2.75) is 18.9 Å². The molecule has 1 aromatic rings. The molecule has 1 aromatic carbocycles. The first kappa shape index (κ1) is 14.8. The number of ether oxygens (including phenoxy) is 2. The molecule has 1 N–H and O–H groups in total. The van der Waals surface area contributed by atoms with Crippen LogP contribution in [0.15, 0.2) is 24.3 Å². The van der Waals surface area contributed by atoms with Crippen LogP contribution in [0.3, 0.4) is 0 Å². The van der Waals surface area contributed by atoms with E-state index in [1.54, 1.807) is 7.11 Å². The number of nitrogens with zero attached hydrogens (tertiary/aromatic N) is 1. The van der Waals surface area contributed by atoms with Crippen molar-refractivity contribution in [2.75, 3.05) is 46.5 Å². The molecule has 0 amide bonds. The normalized spacial score (nSPS) is 22.9. The van der Waals surface area contributed by atoms with Crippen molar-refractivity contribution in [1.29, 1.82) is 0 Å². The number of hydrogen-bond donors (Lipinski definition) is 1. The molecule has 2 aliphatic heterocycles. The number of piperazine rings is 1. The van der Waals surface area contributed by atoms with Crippen molar-refractivity contribution >= 4 is 0 Å². The van der Waals surface area contributed by atoms with Crippen LogP contribution in [0.4, 0.5) is 0 Å². The third-order valence-electron chi connectivity index (χ3n) is 4.69. The average molecular weight is 290 g/mol. The summed E-state index contributed by atoms with van der Waals surface area (Å²) in [7, 11) is 1.74. The molecule has 4 nitrogen and oxygen atoms in total. The van der Waals surface area contributed by atoms with E-state index < -0.39 is 0 Å². The zero-order valence-electron chi connectivity index (χ0n) is 12.9. The summed E-state index contributed by atoms with van der Waals surface area (Å²) in [6.45, 7) is 6.22. The molecule has 2 saturated heterocycles. The van der Waals surface area contributed by atoms with Gasteiger partial charge < -0.3 is 14.8 Å². The van der Waals surface area contributed by atoms with Crippen LogP contribution in [0.5, 0.6) is 5.75 Å². The van der Waals surface area contributed by atoms with Gasteiger partial charge in [-0.3, -0.25) is 4.90 Å². The summed E-state index contributed by atoms with van der Waals surface area (Å²) < 4.78 is 11.0. The monoisotopic (exact) mass is 290 g/mol. The fraction of sp³-hybridized carbons (Fsp3) is 0.647. The first-order valence-electron chi connectivity index (χ1n) is 8.05. The Labute approximate surface area is 127 Å². The summed E-state index contributed by atoms with van der Waals surface area (Å²) in [6.07, 6.45) is 2.32. The van der Waals surface area contributed by atoms with E-state index in [0.717, 1.165) is 58.0 Å². The lowest BCUT2D eigenvalue weighted by molar-refractivity contribution is 0.0212. The lowest BCUT2D eigenvalue weighted by Crippen LogP contribution is -2.47. The lowest BCUT2D eigenvalue weighted by Gasteiger charge is -2.41. The van der Waals surface area contributed by atoms with Gasteiger partial charge in [0.2, 0.25) is 0 Å². The van der Waals surface area contributed by atoms with Gasteiger partial charge in [0.1, 0.15) is 5.75 Å². The van der Waals surface area contributed by atoms with Gasteiger partial charge in [-0.15, -0.1) is 0 Å². The second kappa shape index (κ2) is 7.25. The van der Waals surface area contributed by atoms with Crippen molar-refractivity contribution in [3.63, 3.8) is 0 Å². The topological polar surface area (TPSA) is 33.7 Å². The van der Waals surface area contributed by atoms with Gasteiger partial charge in [0.05, 0.1) is 7.11 Å². The zero-order chi connectivity index (χ0) is 14.5. The first-order chi connectivity index (χ1) is 10.4. The van der Waals surface area contributed by atoms with E-state index in [2.05, 4.69) is 28.4 Å². The minimum atomic E-state index is 0.492. The minimum Gasteiger partial charge on any atom is -0.497 e. The first-order valence-corrected chi connectivity index (χ1v) is 8.05. The third-order valence-corrected chi connectivity index (χ3v) is 4.69. The lowest BCUT2D eigenvalue weighted by atomic mass is 9.85. The smallest absolute Gasteiger partial charge is 0.119 e. The second-order valence-electron chi connectivity index (χ2n) is 5.96. The van der Waals surface area contributed by atoms with Gasteiger partial charge in [-0.05, 0) is 36.5 Å². The van der Waals surface area contributed by atoms with Gasteiger partial charge >= 0.3 is 0 Å².